The Kier molecular flexibility index (Phi) is 6.47. The van der Waals surface area contributed by atoms with Crippen LogP contribution in [0.15, 0.2) is 4.99 Å². The van der Waals surface area contributed by atoms with Gasteiger partial charge in [0.25, 0.3) is 0 Å². The van der Waals surface area contributed by atoms with Gasteiger partial charge in [0.05, 0.1) is 11.8 Å². The third-order valence-corrected chi connectivity index (χ3v) is 1.34. The molecular weight excluding hydrogens is 176 g/mol. The maximum absolute atomic E-state index is 11.1. The molecule has 0 aliphatic carbocycles. The van der Waals surface area contributed by atoms with Gasteiger partial charge in [-0.25, -0.2) is 4.99 Å². The monoisotopic (exact) mass is 188 g/mol. The van der Waals surface area contributed by atoms with Crippen molar-refractivity contribution in [2.45, 2.75) is 13.0 Å². The molecule has 1 N–H and O–H groups in total. The Balaban J connectivity index is 3.64. The van der Waals surface area contributed by atoms with Gasteiger partial charge in [-0.05, 0) is 19.1 Å². The van der Waals surface area contributed by atoms with E-state index in [-0.39, 0.29) is 5.91 Å². The molecule has 0 saturated carbocycles. The van der Waals surface area contributed by atoms with Crippen molar-refractivity contribution < 1.29 is 9.53 Å². The predicted molar refractivity (Wildman–Crippen MR) is 49.4 cm³/mol. The van der Waals surface area contributed by atoms with Gasteiger partial charge in [0.2, 0.25) is 5.91 Å². The number of rotatable bonds is 5. The van der Waals surface area contributed by atoms with Gasteiger partial charge < -0.3 is 10.1 Å². The predicted octanol–water partition coefficient (Wildman–Crippen LogP) is 0.240. The summed E-state index contributed by atoms with van der Waals surface area (Å²) in [5, 5.41) is 4.78. The van der Waals surface area contributed by atoms with Crippen molar-refractivity contribution in [3.63, 3.8) is 0 Å². The lowest BCUT2D eigenvalue weighted by Gasteiger charge is -2.05. The minimum Gasteiger partial charge on any atom is -0.383 e. The van der Waals surface area contributed by atoms with E-state index in [0.29, 0.717) is 13.2 Å². The Morgan fingerprint density at radius 1 is 1.83 bits per heavy atom. The molecular formula is C7H12N2O2S. The summed E-state index contributed by atoms with van der Waals surface area (Å²) in [5.74, 6) is -0.163. The van der Waals surface area contributed by atoms with Crippen molar-refractivity contribution in [3.05, 3.63) is 0 Å². The zero-order chi connectivity index (χ0) is 9.40. The molecule has 0 aliphatic heterocycles. The first-order chi connectivity index (χ1) is 5.72. The van der Waals surface area contributed by atoms with Crippen LogP contribution in [-0.2, 0) is 9.53 Å². The molecule has 0 spiro atoms. The number of isothiocyanates is 1. The first-order valence-electron chi connectivity index (χ1n) is 3.56. The van der Waals surface area contributed by atoms with Crippen molar-refractivity contribution in [1.29, 1.82) is 0 Å². The number of hydrogen-bond acceptors (Lipinski definition) is 4. The molecule has 68 valence electrons. The second-order valence-electron chi connectivity index (χ2n) is 2.18. The number of carbonyl (C=O) groups is 1. The molecule has 1 atom stereocenters. The molecule has 12 heavy (non-hydrogen) atoms. The van der Waals surface area contributed by atoms with Crippen molar-refractivity contribution in [2.24, 2.45) is 4.99 Å². The molecule has 1 amide bonds. The smallest absolute Gasteiger partial charge is 0.245 e. The van der Waals surface area contributed by atoms with Gasteiger partial charge in [-0.1, -0.05) is 0 Å². The van der Waals surface area contributed by atoms with E-state index in [1.54, 1.807) is 14.0 Å². The lowest BCUT2D eigenvalue weighted by atomic mass is 10.3. The van der Waals surface area contributed by atoms with Crippen molar-refractivity contribution >= 4 is 23.3 Å². The van der Waals surface area contributed by atoms with Gasteiger partial charge in [-0.15, -0.1) is 0 Å². The molecule has 4 nitrogen and oxygen atoms in total. The summed E-state index contributed by atoms with van der Waals surface area (Å²) in [7, 11) is 1.57. The Hall–Kier alpha value is -0.770. The summed E-state index contributed by atoms with van der Waals surface area (Å²) in [4.78, 5) is 14.7. The molecule has 1 unspecified atom stereocenters. The Labute approximate surface area is 77.0 Å². The molecule has 0 rings (SSSR count). The normalized spacial score (nSPS) is 11.5. The second kappa shape index (κ2) is 6.91. The number of thiocarbonyl (C=S) groups is 1. The van der Waals surface area contributed by atoms with Crippen LogP contribution in [0.3, 0.4) is 0 Å². The minimum absolute atomic E-state index is 0.163. The average molecular weight is 188 g/mol. The van der Waals surface area contributed by atoms with Gasteiger partial charge in [0, 0.05) is 13.7 Å². The third-order valence-electron chi connectivity index (χ3n) is 1.23. The van der Waals surface area contributed by atoms with Gasteiger partial charge >= 0.3 is 0 Å². The Morgan fingerprint density at radius 3 is 3.00 bits per heavy atom. The SMILES string of the molecule is COCCNC(=O)C(C)N=C=S. The molecule has 0 aromatic heterocycles. The minimum atomic E-state index is -0.459. The maximum Gasteiger partial charge on any atom is 0.245 e. The van der Waals surface area contributed by atoms with E-state index in [1.165, 1.54) is 0 Å². The molecule has 0 heterocycles. The van der Waals surface area contributed by atoms with E-state index in [2.05, 4.69) is 27.7 Å². The highest BCUT2D eigenvalue weighted by molar-refractivity contribution is 7.78. The first-order valence-corrected chi connectivity index (χ1v) is 3.96. The Bertz CT molecular complexity index is 190. The second-order valence-corrected chi connectivity index (χ2v) is 2.36. The van der Waals surface area contributed by atoms with Gasteiger partial charge in [-0.2, -0.15) is 0 Å². The average Bonchev–Trinajstić information content (AvgIpc) is 2.05. The number of nitrogens with one attached hydrogen (secondary N) is 1. The maximum atomic E-state index is 11.1. The van der Waals surface area contributed by atoms with Crippen LogP contribution in [0.5, 0.6) is 0 Å². The van der Waals surface area contributed by atoms with E-state index in [1.807, 2.05) is 0 Å². The fourth-order valence-electron chi connectivity index (χ4n) is 0.562. The quantitative estimate of drug-likeness (QED) is 0.382. The molecule has 0 radical (unpaired) electrons. The van der Waals surface area contributed by atoms with E-state index in [4.69, 9.17) is 4.74 Å². The zero-order valence-corrected chi connectivity index (χ0v) is 7.98. The van der Waals surface area contributed by atoms with Gasteiger partial charge in [-0.3, -0.25) is 4.79 Å². The van der Waals surface area contributed by atoms with Gasteiger partial charge in [0.15, 0.2) is 0 Å². The number of carbonyl (C=O) groups excluding carboxylic acids is 1. The van der Waals surface area contributed by atoms with Crippen LogP contribution in [0.2, 0.25) is 0 Å². The number of methoxy groups -OCH3 is 1. The summed E-state index contributed by atoms with van der Waals surface area (Å²) in [6.07, 6.45) is 0. The number of ether oxygens (including phenoxy) is 1. The first kappa shape index (κ1) is 11.2. The molecule has 0 aromatic rings. The van der Waals surface area contributed by atoms with Crippen LogP contribution in [0.1, 0.15) is 6.92 Å². The van der Waals surface area contributed by atoms with Crippen LogP contribution >= 0.6 is 12.2 Å². The van der Waals surface area contributed by atoms with Crippen LogP contribution in [-0.4, -0.2) is 37.4 Å². The van der Waals surface area contributed by atoms with Crippen LogP contribution in [0.4, 0.5) is 0 Å². The topological polar surface area (TPSA) is 50.7 Å². The lowest BCUT2D eigenvalue weighted by Crippen LogP contribution is -2.33. The number of nitrogens with zero attached hydrogens (tertiary/aromatic N) is 1. The molecule has 0 fully saturated rings. The number of amides is 1. The van der Waals surface area contributed by atoms with Crippen molar-refractivity contribution in [3.8, 4) is 0 Å². The summed E-state index contributed by atoms with van der Waals surface area (Å²) in [5.41, 5.74) is 0. The fraction of sp³-hybridized carbons (Fsp3) is 0.714. The summed E-state index contributed by atoms with van der Waals surface area (Å²) in [6.45, 7) is 2.65. The summed E-state index contributed by atoms with van der Waals surface area (Å²) in [6, 6.07) is -0.459. The van der Waals surface area contributed by atoms with E-state index >= 15 is 0 Å². The molecule has 0 aliphatic rings. The van der Waals surface area contributed by atoms with Crippen LogP contribution in [0, 0.1) is 0 Å². The van der Waals surface area contributed by atoms with Gasteiger partial charge in [0.1, 0.15) is 6.04 Å². The highest BCUT2D eigenvalue weighted by atomic mass is 32.1. The lowest BCUT2D eigenvalue weighted by molar-refractivity contribution is -0.122. The Morgan fingerprint density at radius 2 is 2.50 bits per heavy atom. The van der Waals surface area contributed by atoms with Crippen molar-refractivity contribution in [2.75, 3.05) is 20.3 Å². The van der Waals surface area contributed by atoms with Crippen LogP contribution in [0.25, 0.3) is 0 Å². The third kappa shape index (κ3) is 4.96. The summed E-state index contributed by atoms with van der Waals surface area (Å²) >= 11 is 4.36. The van der Waals surface area contributed by atoms with E-state index in [0.717, 1.165) is 0 Å². The molecule has 0 bridgehead atoms. The summed E-state index contributed by atoms with van der Waals surface area (Å²) < 4.78 is 4.75. The number of hydrogen-bond donors (Lipinski definition) is 1. The number of aliphatic imine (C=N–C) groups is 1. The van der Waals surface area contributed by atoms with Crippen LogP contribution < -0.4 is 5.32 Å². The molecule has 0 aromatic carbocycles. The standard InChI is InChI=1S/C7H12N2O2S/c1-6(9-5-12)7(10)8-3-4-11-2/h6H,3-4H2,1-2H3,(H,8,10). The van der Waals surface area contributed by atoms with Crippen molar-refractivity contribution in [1.82, 2.24) is 5.32 Å². The molecule has 5 heteroatoms. The highest BCUT2D eigenvalue weighted by Crippen LogP contribution is 1.86. The highest BCUT2D eigenvalue weighted by Gasteiger charge is 2.08. The van der Waals surface area contributed by atoms with E-state index < -0.39 is 6.04 Å². The largest absolute Gasteiger partial charge is 0.383 e. The van der Waals surface area contributed by atoms with E-state index in [9.17, 15) is 4.79 Å². The fourth-order valence-corrected chi connectivity index (χ4v) is 0.720. The zero-order valence-electron chi connectivity index (χ0n) is 7.16. The molecule has 0 saturated heterocycles.